The molecule has 1 aromatic rings. The number of ether oxygens (including phenoxy) is 1. The van der Waals surface area contributed by atoms with E-state index in [1.54, 1.807) is 18.2 Å². The molecule has 0 saturated heterocycles. The fourth-order valence-corrected chi connectivity index (χ4v) is 2.73. The van der Waals surface area contributed by atoms with E-state index in [4.69, 9.17) is 21.4 Å². The van der Waals surface area contributed by atoms with Gasteiger partial charge in [0.05, 0.1) is 6.10 Å². The van der Waals surface area contributed by atoms with Crippen LogP contribution in [0.25, 0.3) is 0 Å². The Morgan fingerprint density at radius 1 is 1.43 bits per heavy atom. The van der Waals surface area contributed by atoms with Gasteiger partial charge < -0.3 is 9.84 Å². The van der Waals surface area contributed by atoms with Gasteiger partial charge in [-0.05, 0) is 37.5 Å². The van der Waals surface area contributed by atoms with Gasteiger partial charge in [-0.3, -0.25) is 4.79 Å². The van der Waals surface area contributed by atoms with Crippen LogP contribution in [-0.4, -0.2) is 17.2 Å². The average Bonchev–Trinajstić information content (AvgIpc) is 2.91. The highest BCUT2D eigenvalue weighted by atomic mass is 35.5. The van der Waals surface area contributed by atoms with Crippen molar-refractivity contribution in [1.29, 1.82) is 0 Å². The molecule has 1 unspecified atom stereocenters. The molecule has 0 aromatic heterocycles. The predicted molar refractivity (Wildman–Crippen MR) is 85.5 cm³/mol. The number of hydrogen-bond donors (Lipinski definition) is 1. The van der Waals surface area contributed by atoms with Crippen LogP contribution in [0.1, 0.15) is 52.4 Å². The normalized spacial score (nSPS) is 16.0. The maximum atomic E-state index is 11.0. The number of carbonyl (C=O) groups is 1. The molecule has 4 heteroatoms. The van der Waals surface area contributed by atoms with Crippen LogP contribution in [0.3, 0.4) is 0 Å². The monoisotopic (exact) mass is 312 g/mol. The van der Waals surface area contributed by atoms with Crippen molar-refractivity contribution in [1.82, 2.24) is 0 Å². The van der Waals surface area contributed by atoms with E-state index in [-0.39, 0.29) is 17.8 Å². The van der Waals surface area contributed by atoms with E-state index in [1.165, 1.54) is 31.7 Å². The van der Waals surface area contributed by atoms with Gasteiger partial charge in [0, 0.05) is 11.4 Å². The van der Waals surface area contributed by atoms with Crippen LogP contribution < -0.4 is 0 Å². The Balaban J connectivity index is 0.000000235. The van der Waals surface area contributed by atoms with Crippen molar-refractivity contribution in [3.63, 3.8) is 0 Å². The zero-order chi connectivity index (χ0) is 15.7. The molecule has 0 spiro atoms. The maximum Gasteiger partial charge on any atom is 0.305 e. The predicted octanol–water partition coefficient (Wildman–Crippen LogP) is 4.95. The summed E-state index contributed by atoms with van der Waals surface area (Å²) in [6, 6.07) is 6.46. The molecule has 1 N–H and O–H groups in total. The van der Waals surface area contributed by atoms with Crippen LogP contribution in [-0.2, 0) is 9.53 Å². The van der Waals surface area contributed by atoms with Gasteiger partial charge in [0.2, 0.25) is 0 Å². The third-order valence-electron chi connectivity index (χ3n) is 3.57. The highest BCUT2D eigenvalue weighted by molar-refractivity contribution is 6.30. The van der Waals surface area contributed by atoms with Crippen LogP contribution in [0.15, 0.2) is 24.3 Å². The summed E-state index contributed by atoms with van der Waals surface area (Å²) < 4.78 is 5.22. The van der Waals surface area contributed by atoms with Gasteiger partial charge in [0.15, 0.2) is 0 Å². The lowest BCUT2D eigenvalue weighted by Crippen LogP contribution is -2.16. The summed E-state index contributed by atoms with van der Waals surface area (Å²) in [6.07, 6.45) is 7.05. The Hall–Kier alpha value is -1.22. The largest absolute Gasteiger partial charge is 0.508 e. The summed E-state index contributed by atoms with van der Waals surface area (Å²) in [5.74, 6) is 0.947. The number of aromatic hydroxyl groups is 1. The van der Waals surface area contributed by atoms with Gasteiger partial charge >= 0.3 is 5.97 Å². The number of rotatable bonds is 4. The molecule has 1 fully saturated rings. The van der Waals surface area contributed by atoms with Gasteiger partial charge in [-0.1, -0.05) is 50.3 Å². The Morgan fingerprint density at radius 3 is 2.57 bits per heavy atom. The van der Waals surface area contributed by atoms with E-state index in [9.17, 15) is 4.79 Å². The quantitative estimate of drug-likeness (QED) is 0.800. The lowest BCUT2D eigenvalue weighted by atomic mass is 10.0. The third kappa shape index (κ3) is 7.96. The molecule has 0 heterocycles. The molecule has 0 radical (unpaired) electrons. The topological polar surface area (TPSA) is 46.5 Å². The standard InChI is InChI=1S/C11H20O2.C6H5ClO/c1-3-11(12)13-9(2)8-10-6-4-5-7-10;7-5-2-1-3-6(8)4-5/h9-10H,3-8H2,1-2H3;1-4,8H. The first-order chi connectivity index (χ1) is 10.0. The van der Waals surface area contributed by atoms with Gasteiger partial charge in [0.1, 0.15) is 5.75 Å². The van der Waals surface area contributed by atoms with Gasteiger partial charge in [-0.15, -0.1) is 0 Å². The van der Waals surface area contributed by atoms with Gasteiger partial charge in [-0.25, -0.2) is 0 Å². The highest BCUT2D eigenvalue weighted by Crippen LogP contribution is 2.29. The molecule has 0 amide bonds. The summed E-state index contributed by atoms with van der Waals surface area (Å²) in [6.45, 7) is 3.84. The van der Waals surface area contributed by atoms with Crippen molar-refractivity contribution in [3.8, 4) is 5.75 Å². The molecule has 21 heavy (non-hydrogen) atoms. The minimum atomic E-state index is -0.0644. The summed E-state index contributed by atoms with van der Waals surface area (Å²) in [7, 11) is 0. The zero-order valence-electron chi connectivity index (χ0n) is 12.8. The molecule has 1 aliphatic carbocycles. The minimum Gasteiger partial charge on any atom is -0.508 e. The van der Waals surface area contributed by atoms with E-state index in [2.05, 4.69) is 0 Å². The molecule has 0 bridgehead atoms. The van der Waals surface area contributed by atoms with E-state index >= 15 is 0 Å². The fourth-order valence-electron chi connectivity index (χ4n) is 2.55. The fraction of sp³-hybridized carbons (Fsp3) is 0.588. The van der Waals surface area contributed by atoms with Crippen LogP contribution in [0.2, 0.25) is 5.02 Å². The van der Waals surface area contributed by atoms with E-state index in [0.717, 1.165) is 12.3 Å². The van der Waals surface area contributed by atoms with Crippen LogP contribution in [0, 0.1) is 5.92 Å². The molecular formula is C17H25ClO3. The van der Waals surface area contributed by atoms with E-state index in [0.29, 0.717) is 11.4 Å². The number of halogens is 1. The number of phenols is 1. The zero-order valence-corrected chi connectivity index (χ0v) is 13.6. The summed E-state index contributed by atoms with van der Waals surface area (Å²) in [5.41, 5.74) is 0. The third-order valence-corrected chi connectivity index (χ3v) is 3.80. The molecule has 1 saturated carbocycles. The lowest BCUT2D eigenvalue weighted by molar-refractivity contribution is -0.148. The Kier molecular flexibility index (Phi) is 8.21. The maximum absolute atomic E-state index is 11.0. The Morgan fingerprint density at radius 2 is 2.10 bits per heavy atom. The number of carbonyl (C=O) groups excluding carboxylic acids is 1. The van der Waals surface area contributed by atoms with E-state index in [1.807, 2.05) is 13.8 Å². The first-order valence-corrected chi connectivity index (χ1v) is 8.03. The molecule has 3 nitrogen and oxygen atoms in total. The highest BCUT2D eigenvalue weighted by Gasteiger charge is 2.19. The van der Waals surface area contributed by atoms with Crippen LogP contribution in [0.5, 0.6) is 5.75 Å². The minimum absolute atomic E-state index is 0.0644. The average molecular weight is 313 g/mol. The van der Waals surface area contributed by atoms with Crippen molar-refractivity contribution in [2.24, 2.45) is 5.92 Å². The number of benzene rings is 1. The molecule has 2 rings (SSSR count). The second kappa shape index (κ2) is 9.67. The number of hydrogen-bond acceptors (Lipinski definition) is 3. The second-order valence-electron chi connectivity index (χ2n) is 5.52. The molecule has 0 aliphatic heterocycles. The van der Waals surface area contributed by atoms with Gasteiger partial charge in [0.25, 0.3) is 0 Å². The molecule has 118 valence electrons. The summed E-state index contributed by atoms with van der Waals surface area (Å²) >= 11 is 5.48. The Labute approximate surface area is 132 Å². The first-order valence-electron chi connectivity index (χ1n) is 7.65. The SMILES string of the molecule is CCC(=O)OC(C)CC1CCCC1.Oc1cccc(Cl)c1. The van der Waals surface area contributed by atoms with E-state index < -0.39 is 0 Å². The van der Waals surface area contributed by atoms with Crippen molar-refractivity contribution < 1.29 is 14.6 Å². The second-order valence-corrected chi connectivity index (χ2v) is 5.96. The molecule has 1 aliphatic rings. The number of phenolic OH excluding ortho intramolecular Hbond substituents is 1. The Bertz CT molecular complexity index is 411. The van der Waals surface area contributed by atoms with Crippen molar-refractivity contribution in [3.05, 3.63) is 29.3 Å². The van der Waals surface area contributed by atoms with Crippen molar-refractivity contribution in [2.75, 3.05) is 0 Å². The summed E-state index contributed by atoms with van der Waals surface area (Å²) in [5, 5.41) is 9.29. The van der Waals surface area contributed by atoms with Crippen LogP contribution in [0.4, 0.5) is 0 Å². The summed E-state index contributed by atoms with van der Waals surface area (Å²) in [4.78, 5) is 11.0. The molecular weight excluding hydrogens is 288 g/mol. The van der Waals surface area contributed by atoms with Crippen molar-refractivity contribution in [2.45, 2.75) is 58.5 Å². The first kappa shape index (κ1) is 17.8. The molecule has 1 aromatic carbocycles. The smallest absolute Gasteiger partial charge is 0.305 e. The number of esters is 1. The lowest BCUT2D eigenvalue weighted by Gasteiger charge is -2.16. The van der Waals surface area contributed by atoms with Crippen molar-refractivity contribution >= 4 is 17.6 Å². The molecule has 1 atom stereocenters. The van der Waals surface area contributed by atoms with Gasteiger partial charge in [-0.2, -0.15) is 0 Å². The van der Waals surface area contributed by atoms with Crippen LogP contribution >= 0.6 is 11.6 Å².